The molecule has 0 saturated heterocycles. The van der Waals surface area contributed by atoms with Gasteiger partial charge in [-0.15, -0.1) is 0 Å². The van der Waals surface area contributed by atoms with Gasteiger partial charge in [-0.05, 0) is 25.9 Å². The van der Waals surface area contributed by atoms with Gasteiger partial charge in [-0.2, -0.15) is 8.42 Å². The number of rotatable bonds is 9. The van der Waals surface area contributed by atoms with Crippen molar-refractivity contribution in [3.63, 3.8) is 0 Å². The second kappa shape index (κ2) is 8.16. The standard InChI is InChI=1S/C8H21N3O2S/c1-3-6-10-14(12,13)11-8-5-7-9-4-2/h9-11H,3-8H2,1-2H3. The molecule has 0 bridgehead atoms. The van der Waals surface area contributed by atoms with Crippen LogP contribution in [0.3, 0.4) is 0 Å². The average Bonchev–Trinajstić information content (AvgIpc) is 2.15. The van der Waals surface area contributed by atoms with Gasteiger partial charge >= 0.3 is 0 Å². The molecule has 86 valence electrons. The van der Waals surface area contributed by atoms with E-state index in [1.807, 2.05) is 13.8 Å². The van der Waals surface area contributed by atoms with E-state index in [4.69, 9.17) is 0 Å². The third kappa shape index (κ3) is 8.43. The van der Waals surface area contributed by atoms with Gasteiger partial charge in [0, 0.05) is 13.1 Å². The summed E-state index contributed by atoms with van der Waals surface area (Å²) in [6.07, 6.45) is 1.61. The predicted octanol–water partition coefficient (Wildman–Crippen LogP) is -0.180. The van der Waals surface area contributed by atoms with Crippen LogP contribution in [0.1, 0.15) is 26.7 Å². The van der Waals surface area contributed by atoms with Crippen LogP contribution < -0.4 is 14.8 Å². The minimum atomic E-state index is -3.26. The molecule has 0 unspecified atom stereocenters. The third-order valence-corrected chi connectivity index (χ3v) is 2.78. The van der Waals surface area contributed by atoms with E-state index in [-0.39, 0.29) is 0 Å². The SMILES string of the molecule is CCCNS(=O)(=O)NCCCNCC. The van der Waals surface area contributed by atoms with Gasteiger partial charge in [0.1, 0.15) is 0 Å². The molecule has 0 heterocycles. The minimum absolute atomic E-state index is 0.478. The molecule has 0 aromatic rings. The second-order valence-corrected chi connectivity index (χ2v) is 4.58. The van der Waals surface area contributed by atoms with E-state index in [2.05, 4.69) is 14.8 Å². The molecule has 0 rings (SSSR count). The van der Waals surface area contributed by atoms with Gasteiger partial charge in [0.05, 0.1) is 0 Å². The van der Waals surface area contributed by atoms with Crippen LogP contribution in [0.5, 0.6) is 0 Å². The van der Waals surface area contributed by atoms with E-state index in [1.165, 1.54) is 0 Å². The Kier molecular flexibility index (Phi) is 8.07. The summed E-state index contributed by atoms with van der Waals surface area (Å²) in [6, 6.07) is 0. The summed E-state index contributed by atoms with van der Waals surface area (Å²) in [4.78, 5) is 0. The smallest absolute Gasteiger partial charge is 0.276 e. The lowest BCUT2D eigenvalue weighted by atomic mass is 10.4. The van der Waals surface area contributed by atoms with Crippen molar-refractivity contribution in [2.45, 2.75) is 26.7 Å². The summed E-state index contributed by atoms with van der Waals surface area (Å²) in [5, 5.41) is 3.12. The van der Waals surface area contributed by atoms with Gasteiger partial charge in [0.25, 0.3) is 10.2 Å². The first-order valence-electron chi connectivity index (χ1n) is 5.07. The highest BCUT2D eigenvalue weighted by molar-refractivity contribution is 7.87. The van der Waals surface area contributed by atoms with Crippen LogP contribution in [0.2, 0.25) is 0 Å². The summed E-state index contributed by atoms with van der Waals surface area (Å²) in [5.41, 5.74) is 0. The van der Waals surface area contributed by atoms with E-state index >= 15 is 0 Å². The Morgan fingerprint density at radius 1 is 1.00 bits per heavy atom. The molecule has 0 aliphatic carbocycles. The zero-order chi connectivity index (χ0) is 10.9. The first-order valence-corrected chi connectivity index (χ1v) is 6.55. The normalized spacial score (nSPS) is 11.9. The van der Waals surface area contributed by atoms with Crippen molar-refractivity contribution >= 4 is 10.2 Å². The Hall–Kier alpha value is -0.170. The van der Waals surface area contributed by atoms with Crippen LogP contribution in [0.15, 0.2) is 0 Å². The molecule has 0 radical (unpaired) electrons. The van der Waals surface area contributed by atoms with Crippen LogP contribution in [-0.4, -0.2) is 34.6 Å². The molecule has 0 aromatic carbocycles. The minimum Gasteiger partial charge on any atom is -0.317 e. The maximum atomic E-state index is 11.2. The number of nitrogens with one attached hydrogen (secondary N) is 3. The Bertz CT molecular complexity index is 217. The molecular weight excluding hydrogens is 202 g/mol. The first-order chi connectivity index (χ1) is 6.62. The molecule has 14 heavy (non-hydrogen) atoms. The van der Waals surface area contributed by atoms with Crippen LogP contribution in [-0.2, 0) is 10.2 Å². The van der Waals surface area contributed by atoms with Crippen molar-refractivity contribution in [2.24, 2.45) is 0 Å². The Labute approximate surface area is 86.8 Å². The van der Waals surface area contributed by atoms with E-state index < -0.39 is 10.2 Å². The molecule has 0 atom stereocenters. The number of hydrogen-bond acceptors (Lipinski definition) is 3. The van der Waals surface area contributed by atoms with Gasteiger partial charge in [-0.25, -0.2) is 9.44 Å². The molecule has 6 heteroatoms. The topological polar surface area (TPSA) is 70.2 Å². The molecule has 5 nitrogen and oxygen atoms in total. The molecule has 0 aromatic heterocycles. The fourth-order valence-electron chi connectivity index (χ4n) is 0.884. The van der Waals surface area contributed by atoms with Crippen LogP contribution in [0, 0.1) is 0 Å². The maximum Gasteiger partial charge on any atom is 0.276 e. The van der Waals surface area contributed by atoms with Gasteiger partial charge in [0.2, 0.25) is 0 Å². The lowest BCUT2D eigenvalue weighted by molar-refractivity contribution is 0.560. The highest BCUT2D eigenvalue weighted by atomic mass is 32.2. The quantitative estimate of drug-likeness (QED) is 0.475. The number of hydrogen-bond donors (Lipinski definition) is 3. The fraction of sp³-hybridized carbons (Fsp3) is 1.00. The molecule has 0 aliphatic heterocycles. The van der Waals surface area contributed by atoms with E-state index in [1.54, 1.807) is 0 Å². The van der Waals surface area contributed by atoms with Crippen LogP contribution >= 0.6 is 0 Å². The van der Waals surface area contributed by atoms with Crippen molar-refractivity contribution < 1.29 is 8.42 Å². The third-order valence-electron chi connectivity index (χ3n) is 1.61. The second-order valence-electron chi connectivity index (χ2n) is 3.00. The predicted molar refractivity (Wildman–Crippen MR) is 58.4 cm³/mol. The van der Waals surface area contributed by atoms with Gasteiger partial charge in [-0.1, -0.05) is 13.8 Å². The molecule has 0 saturated carbocycles. The molecule has 0 fully saturated rings. The fourth-order valence-corrected chi connectivity index (χ4v) is 1.87. The Morgan fingerprint density at radius 2 is 1.64 bits per heavy atom. The zero-order valence-corrected chi connectivity index (χ0v) is 9.78. The molecule has 0 aliphatic rings. The van der Waals surface area contributed by atoms with Gasteiger partial charge in [-0.3, -0.25) is 0 Å². The maximum absolute atomic E-state index is 11.2. The van der Waals surface area contributed by atoms with E-state index in [9.17, 15) is 8.42 Å². The monoisotopic (exact) mass is 223 g/mol. The van der Waals surface area contributed by atoms with Crippen LogP contribution in [0.25, 0.3) is 0 Å². The van der Waals surface area contributed by atoms with Crippen molar-refractivity contribution in [3.8, 4) is 0 Å². The summed E-state index contributed by atoms with van der Waals surface area (Å²) in [5.74, 6) is 0. The van der Waals surface area contributed by atoms with Gasteiger partial charge in [0.15, 0.2) is 0 Å². The molecule has 3 N–H and O–H groups in total. The summed E-state index contributed by atoms with van der Waals surface area (Å²) in [6.45, 7) is 6.67. The lowest BCUT2D eigenvalue weighted by Crippen LogP contribution is -2.38. The zero-order valence-electron chi connectivity index (χ0n) is 8.97. The highest BCUT2D eigenvalue weighted by Crippen LogP contribution is 1.81. The first kappa shape index (κ1) is 13.8. The molecule has 0 spiro atoms. The largest absolute Gasteiger partial charge is 0.317 e. The Balaban J connectivity index is 3.46. The summed E-state index contributed by atoms with van der Waals surface area (Å²) < 4.78 is 27.3. The van der Waals surface area contributed by atoms with E-state index in [0.717, 1.165) is 25.9 Å². The molecular formula is C8H21N3O2S. The van der Waals surface area contributed by atoms with Crippen molar-refractivity contribution in [2.75, 3.05) is 26.2 Å². The van der Waals surface area contributed by atoms with Crippen LogP contribution in [0.4, 0.5) is 0 Å². The summed E-state index contributed by atoms with van der Waals surface area (Å²) >= 11 is 0. The molecule has 0 amide bonds. The van der Waals surface area contributed by atoms with Crippen molar-refractivity contribution in [3.05, 3.63) is 0 Å². The van der Waals surface area contributed by atoms with E-state index in [0.29, 0.717) is 13.1 Å². The average molecular weight is 223 g/mol. The van der Waals surface area contributed by atoms with Crippen molar-refractivity contribution in [1.29, 1.82) is 0 Å². The van der Waals surface area contributed by atoms with Gasteiger partial charge < -0.3 is 5.32 Å². The summed E-state index contributed by atoms with van der Waals surface area (Å²) in [7, 11) is -3.26. The van der Waals surface area contributed by atoms with Crippen molar-refractivity contribution in [1.82, 2.24) is 14.8 Å². The lowest BCUT2D eigenvalue weighted by Gasteiger charge is -2.07. The Morgan fingerprint density at radius 3 is 2.21 bits per heavy atom. The highest BCUT2D eigenvalue weighted by Gasteiger charge is 2.05.